The predicted molar refractivity (Wildman–Crippen MR) is 140 cm³/mol. The van der Waals surface area contributed by atoms with E-state index in [2.05, 4.69) is 0 Å². The number of rotatable bonds is 19. The first-order valence-electron chi connectivity index (χ1n) is 12.2. The van der Waals surface area contributed by atoms with E-state index in [9.17, 15) is 16.8 Å². The predicted octanol–water partition coefficient (Wildman–Crippen LogP) is 2.98. The van der Waals surface area contributed by atoms with Gasteiger partial charge in [0.25, 0.3) is 0 Å². The molecule has 0 aliphatic heterocycles. The van der Waals surface area contributed by atoms with E-state index in [1.165, 1.54) is 24.3 Å². The molecule has 0 bridgehead atoms. The molecule has 9 nitrogen and oxygen atoms in total. The highest BCUT2D eigenvalue weighted by Crippen LogP contribution is 2.26. The van der Waals surface area contributed by atoms with E-state index in [1.54, 1.807) is 24.3 Å². The van der Waals surface area contributed by atoms with Gasteiger partial charge in [-0.2, -0.15) is 0 Å². The van der Waals surface area contributed by atoms with Crippen LogP contribution in [0.25, 0.3) is 0 Å². The largest absolute Gasteiger partial charge is 0.379 e. The quantitative estimate of drug-likeness (QED) is 0.240. The molecule has 0 spiro atoms. The van der Waals surface area contributed by atoms with Crippen LogP contribution in [-0.2, 0) is 43.4 Å². The maximum atomic E-state index is 13.4. The standard InChI is InChI=1S/C26H38O9S2/c1-4-31-13-14-32-15-16-33-17-18-34-19-20-35-21-26(36(27,28)24-9-5-22(2)6-10-24)37(29,30)25-11-7-23(3)8-12-25/h5-12,26H,4,13-21H2,1-3H3. The highest BCUT2D eigenvalue weighted by molar-refractivity contribution is 8.09. The third-order valence-electron chi connectivity index (χ3n) is 5.34. The number of aryl methyl sites for hydroxylation is 2. The van der Waals surface area contributed by atoms with Gasteiger partial charge in [-0.15, -0.1) is 0 Å². The van der Waals surface area contributed by atoms with E-state index in [1.807, 2.05) is 20.8 Å². The van der Waals surface area contributed by atoms with Crippen molar-refractivity contribution in [3.63, 3.8) is 0 Å². The van der Waals surface area contributed by atoms with Crippen molar-refractivity contribution >= 4 is 19.7 Å². The minimum atomic E-state index is -4.25. The summed E-state index contributed by atoms with van der Waals surface area (Å²) in [6, 6.07) is 12.2. The van der Waals surface area contributed by atoms with Gasteiger partial charge in [0.05, 0.1) is 69.3 Å². The fraction of sp³-hybridized carbons (Fsp3) is 0.538. The molecule has 2 rings (SSSR count). The van der Waals surface area contributed by atoms with Crippen molar-refractivity contribution in [2.75, 3.05) is 66.1 Å². The number of hydrogen-bond donors (Lipinski definition) is 0. The van der Waals surface area contributed by atoms with E-state index in [-0.39, 0.29) is 23.0 Å². The zero-order chi connectivity index (χ0) is 27.2. The molecule has 0 aliphatic carbocycles. The molecule has 208 valence electrons. The molecule has 0 N–H and O–H groups in total. The fourth-order valence-electron chi connectivity index (χ4n) is 3.21. The van der Waals surface area contributed by atoms with Crippen LogP contribution in [-0.4, -0.2) is 87.5 Å². The molecule has 0 amide bonds. The zero-order valence-electron chi connectivity index (χ0n) is 21.8. The molecule has 0 heterocycles. The SMILES string of the molecule is CCOCCOCCOCCOCCOCC(S(=O)(=O)c1ccc(C)cc1)S(=O)(=O)c1ccc(C)cc1. The molecule has 0 atom stereocenters. The van der Waals surface area contributed by atoms with Gasteiger partial charge in [-0.1, -0.05) is 35.4 Å². The van der Waals surface area contributed by atoms with E-state index >= 15 is 0 Å². The topological polar surface area (TPSA) is 114 Å². The molecule has 0 radical (unpaired) electrons. The lowest BCUT2D eigenvalue weighted by molar-refractivity contribution is -0.00954. The van der Waals surface area contributed by atoms with Crippen LogP contribution in [0.2, 0.25) is 0 Å². The van der Waals surface area contributed by atoms with Gasteiger partial charge >= 0.3 is 0 Å². The fourth-order valence-corrected chi connectivity index (χ4v) is 7.40. The first-order chi connectivity index (χ1) is 17.7. The van der Waals surface area contributed by atoms with Gasteiger partial charge in [0.2, 0.25) is 0 Å². The average molecular weight is 559 g/mol. The van der Waals surface area contributed by atoms with Gasteiger partial charge in [0, 0.05) is 6.61 Å². The minimum Gasteiger partial charge on any atom is -0.379 e. The van der Waals surface area contributed by atoms with Crippen LogP contribution in [0.3, 0.4) is 0 Å². The molecule has 0 unspecified atom stereocenters. The second-order valence-corrected chi connectivity index (χ2v) is 12.8. The molecule has 0 saturated carbocycles. The van der Waals surface area contributed by atoms with Crippen molar-refractivity contribution in [1.29, 1.82) is 0 Å². The Balaban J connectivity index is 1.87. The lowest BCUT2D eigenvalue weighted by atomic mass is 10.2. The average Bonchev–Trinajstić information content (AvgIpc) is 2.86. The summed E-state index contributed by atoms with van der Waals surface area (Å²) < 4.78 is 78.5. The smallest absolute Gasteiger partial charge is 0.198 e. The maximum Gasteiger partial charge on any atom is 0.198 e. The van der Waals surface area contributed by atoms with E-state index in [0.29, 0.717) is 46.2 Å². The van der Waals surface area contributed by atoms with Gasteiger partial charge in [-0.3, -0.25) is 0 Å². The maximum absolute atomic E-state index is 13.4. The summed E-state index contributed by atoms with van der Waals surface area (Å²) in [4.78, 5) is -0.143. The second-order valence-electron chi connectivity index (χ2n) is 8.25. The van der Waals surface area contributed by atoms with Gasteiger partial charge in [-0.05, 0) is 45.0 Å². The summed E-state index contributed by atoms with van der Waals surface area (Å²) in [6.45, 7) is 8.54. The van der Waals surface area contributed by atoms with Crippen LogP contribution in [0.4, 0.5) is 0 Å². The number of benzene rings is 2. The van der Waals surface area contributed by atoms with Crippen molar-refractivity contribution < 1.29 is 40.5 Å². The van der Waals surface area contributed by atoms with E-state index < -0.39 is 30.9 Å². The molecule has 0 saturated heterocycles. The molecule has 0 aromatic heterocycles. The van der Waals surface area contributed by atoms with Crippen LogP contribution >= 0.6 is 0 Å². The molecular weight excluding hydrogens is 520 g/mol. The summed E-state index contributed by atoms with van der Waals surface area (Å²) in [5.41, 5.74) is 1.73. The van der Waals surface area contributed by atoms with Crippen molar-refractivity contribution in [2.24, 2.45) is 0 Å². The summed E-state index contributed by atoms with van der Waals surface area (Å²) in [5.74, 6) is 0. The van der Waals surface area contributed by atoms with Crippen LogP contribution in [0.15, 0.2) is 58.3 Å². The van der Waals surface area contributed by atoms with Gasteiger partial charge in [0.1, 0.15) is 0 Å². The molecule has 2 aromatic rings. The minimum absolute atomic E-state index is 0.0316. The summed E-state index contributed by atoms with van der Waals surface area (Å²) in [6.07, 6.45) is 0. The number of sulfone groups is 2. The lowest BCUT2D eigenvalue weighted by Gasteiger charge is -2.19. The normalized spacial score (nSPS) is 12.3. The van der Waals surface area contributed by atoms with Crippen molar-refractivity contribution in [1.82, 2.24) is 0 Å². The number of ether oxygens (including phenoxy) is 5. The highest BCUT2D eigenvalue weighted by atomic mass is 32.3. The van der Waals surface area contributed by atoms with Gasteiger partial charge < -0.3 is 23.7 Å². The Hall–Kier alpha value is -1.86. The molecule has 37 heavy (non-hydrogen) atoms. The number of hydrogen-bond acceptors (Lipinski definition) is 9. The first kappa shape index (κ1) is 31.4. The Labute approximate surface area is 220 Å². The van der Waals surface area contributed by atoms with Crippen LogP contribution in [0.1, 0.15) is 18.1 Å². The Morgan fingerprint density at radius 3 is 1.22 bits per heavy atom. The summed E-state index contributed by atoms with van der Waals surface area (Å²) >= 11 is 0. The van der Waals surface area contributed by atoms with Crippen LogP contribution < -0.4 is 0 Å². The molecule has 2 aromatic carbocycles. The molecule has 11 heteroatoms. The van der Waals surface area contributed by atoms with E-state index in [0.717, 1.165) is 11.1 Å². The summed E-state index contributed by atoms with van der Waals surface area (Å²) in [5, 5.41) is 0. The third kappa shape index (κ3) is 10.4. The van der Waals surface area contributed by atoms with E-state index in [4.69, 9.17) is 23.7 Å². The molecule has 0 fully saturated rings. The zero-order valence-corrected chi connectivity index (χ0v) is 23.4. The Morgan fingerprint density at radius 1 is 0.541 bits per heavy atom. The Morgan fingerprint density at radius 2 is 0.865 bits per heavy atom. The van der Waals surface area contributed by atoms with Crippen molar-refractivity contribution in [3.05, 3.63) is 59.7 Å². The van der Waals surface area contributed by atoms with Gasteiger partial charge in [-0.25, -0.2) is 16.8 Å². The van der Waals surface area contributed by atoms with Crippen LogP contribution in [0, 0.1) is 13.8 Å². The summed E-state index contributed by atoms with van der Waals surface area (Å²) in [7, 11) is -8.49. The van der Waals surface area contributed by atoms with Gasteiger partial charge in [0.15, 0.2) is 24.3 Å². The monoisotopic (exact) mass is 558 g/mol. The first-order valence-corrected chi connectivity index (χ1v) is 15.3. The molecule has 0 aliphatic rings. The third-order valence-corrected chi connectivity index (χ3v) is 10.4. The Bertz CT molecular complexity index is 1040. The van der Waals surface area contributed by atoms with Crippen molar-refractivity contribution in [2.45, 2.75) is 35.1 Å². The Kier molecular flexibility index (Phi) is 13.7. The van der Waals surface area contributed by atoms with Crippen LogP contribution in [0.5, 0.6) is 0 Å². The molecular formula is C26H38O9S2. The highest BCUT2D eigenvalue weighted by Gasteiger charge is 2.40. The van der Waals surface area contributed by atoms with Crippen molar-refractivity contribution in [3.8, 4) is 0 Å². The second kappa shape index (κ2) is 16.2. The lowest BCUT2D eigenvalue weighted by Crippen LogP contribution is -2.35.